The molecule has 1 aromatic carbocycles. The highest BCUT2D eigenvalue weighted by Crippen LogP contribution is 2.03. The van der Waals surface area contributed by atoms with E-state index >= 15 is 0 Å². The van der Waals surface area contributed by atoms with E-state index in [2.05, 4.69) is 10.1 Å². The summed E-state index contributed by atoms with van der Waals surface area (Å²) in [6.07, 6.45) is 0. The Hall–Kier alpha value is -2.37. The van der Waals surface area contributed by atoms with Crippen LogP contribution >= 0.6 is 0 Å². The molecule has 0 unspecified atom stereocenters. The van der Waals surface area contributed by atoms with Crippen molar-refractivity contribution in [1.29, 1.82) is 0 Å². The molecule has 2 aromatic rings. The molecule has 0 bridgehead atoms. The third-order valence-corrected chi connectivity index (χ3v) is 2.10. The van der Waals surface area contributed by atoms with E-state index in [4.69, 9.17) is 11.5 Å². The van der Waals surface area contributed by atoms with Gasteiger partial charge in [-0.3, -0.25) is 0 Å². The van der Waals surface area contributed by atoms with Gasteiger partial charge in [-0.25, -0.2) is 9.48 Å². The van der Waals surface area contributed by atoms with E-state index in [1.807, 2.05) is 30.3 Å². The smallest absolute Gasteiger partial charge is 0.366 e. The molecular weight excluding hydrogens is 206 g/mol. The first-order chi connectivity index (χ1) is 7.66. The molecule has 1 aromatic heterocycles. The van der Waals surface area contributed by atoms with Gasteiger partial charge in [0.15, 0.2) is 11.6 Å². The van der Waals surface area contributed by atoms with Crippen molar-refractivity contribution in [3.63, 3.8) is 0 Å². The van der Waals surface area contributed by atoms with Gasteiger partial charge in [-0.15, -0.1) is 5.10 Å². The minimum absolute atomic E-state index is 0.0330. The predicted octanol–water partition coefficient (Wildman–Crippen LogP) is -0.149. The average Bonchev–Trinajstić information content (AvgIpc) is 2.27. The molecule has 0 aliphatic heterocycles. The molecule has 82 valence electrons. The van der Waals surface area contributed by atoms with Crippen molar-refractivity contribution in [2.45, 2.75) is 6.54 Å². The van der Waals surface area contributed by atoms with Crippen molar-refractivity contribution in [2.24, 2.45) is 0 Å². The molecule has 0 saturated carbocycles. The molecule has 0 radical (unpaired) electrons. The Morgan fingerprint density at radius 2 is 1.81 bits per heavy atom. The number of nitrogens with zero attached hydrogens (tertiary/aromatic N) is 3. The SMILES string of the molecule is Nc1nc(=O)n(Cc2ccccc2)nc1N. The van der Waals surface area contributed by atoms with Crippen LogP contribution in [0, 0.1) is 0 Å². The molecule has 16 heavy (non-hydrogen) atoms. The molecular formula is C10H11N5O. The third-order valence-electron chi connectivity index (χ3n) is 2.10. The predicted molar refractivity (Wildman–Crippen MR) is 60.7 cm³/mol. The number of aromatic nitrogens is 3. The molecule has 0 atom stereocenters. The Kier molecular flexibility index (Phi) is 2.55. The summed E-state index contributed by atoms with van der Waals surface area (Å²) in [6.45, 7) is 0.331. The van der Waals surface area contributed by atoms with Gasteiger partial charge in [0.05, 0.1) is 6.54 Å². The number of benzene rings is 1. The minimum atomic E-state index is -0.504. The summed E-state index contributed by atoms with van der Waals surface area (Å²) in [5, 5.41) is 3.86. The van der Waals surface area contributed by atoms with E-state index < -0.39 is 5.69 Å². The molecule has 0 spiro atoms. The fourth-order valence-electron chi connectivity index (χ4n) is 1.30. The van der Waals surface area contributed by atoms with Crippen molar-refractivity contribution in [2.75, 3.05) is 11.5 Å². The van der Waals surface area contributed by atoms with Gasteiger partial charge in [-0.05, 0) is 5.56 Å². The maximum Gasteiger partial charge on any atom is 0.366 e. The maximum atomic E-state index is 11.5. The van der Waals surface area contributed by atoms with Crippen LogP contribution in [0.15, 0.2) is 35.1 Å². The number of nitrogen functional groups attached to an aromatic ring is 2. The number of rotatable bonds is 2. The summed E-state index contributed by atoms with van der Waals surface area (Å²) in [5.41, 5.74) is 11.3. The summed E-state index contributed by atoms with van der Waals surface area (Å²) in [5.74, 6) is 0.0323. The summed E-state index contributed by atoms with van der Waals surface area (Å²) in [6, 6.07) is 9.44. The van der Waals surface area contributed by atoms with Gasteiger partial charge >= 0.3 is 5.69 Å². The largest absolute Gasteiger partial charge is 0.380 e. The normalized spacial score (nSPS) is 10.2. The third kappa shape index (κ3) is 2.00. The van der Waals surface area contributed by atoms with Crippen molar-refractivity contribution in [3.05, 3.63) is 46.4 Å². The van der Waals surface area contributed by atoms with Crippen molar-refractivity contribution in [1.82, 2.24) is 14.8 Å². The summed E-state index contributed by atoms with van der Waals surface area (Å²) >= 11 is 0. The highest BCUT2D eigenvalue weighted by molar-refractivity contribution is 5.49. The Balaban J connectivity index is 2.36. The van der Waals surface area contributed by atoms with Gasteiger partial charge in [0.25, 0.3) is 0 Å². The molecule has 1 heterocycles. The van der Waals surface area contributed by atoms with E-state index in [0.717, 1.165) is 5.56 Å². The molecule has 4 N–H and O–H groups in total. The minimum Gasteiger partial charge on any atom is -0.380 e. The second-order valence-electron chi connectivity index (χ2n) is 3.31. The van der Waals surface area contributed by atoms with Crippen molar-refractivity contribution < 1.29 is 0 Å². The quantitative estimate of drug-likeness (QED) is 0.728. The standard InChI is InChI=1S/C10H11N5O/c11-8-9(12)14-15(10(16)13-8)6-7-4-2-1-3-5-7/h1-5H,6H2,(H2,12,14)(H2,11,13,16). The zero-order valence-electron chi connectivity index (χ0n) is 8.50. The average molecular weight is 217 g/mol. The number of anilines is 2. The van der Waals surface area contributed by atoms with Gasteiger partial charge in [-0.1, -0.05) is 30.3 Å². The van der Waals surface area contributed by atoms with Crippen LogP contribution in [0.25, 0.3) is 0 Å². The Morgan fingerprint density at radius 1 is 1.12 bits per heavy atom. The Labute approximate surface area is 91.5 Å². The number of hydrogen-bond donors (Lipinski definition) is 2. The first-order valence-electron chi connectivity index (χ1n) is 4.71. The first kappa shape index (κ1) is 10.2. The second-order valence-corrected chi connectivity index (χ2v) is 3.31. The van der Waals surface area contributed by atoms with E-state index in [1.54, 1.807) is 0 Å². The zero-order chi connectivity index (χ0) is 11.5. The van der Waals surface area contributed by atoms with E-state index in [-0.39, 0.29) is 11.6 Å². The van der Waals surface area contributed by atoms with Gasteiger partial charge in [-0.2, -0.15) is 4.98 Å². The lowest BCUT2D eigenvalue weighted by Gasteiger charge is -2.05. The maximum absolute atomic E-state index is 11.5. The van der Waals surface area contributed by atoms with Crippen LogP contribution in [0.1, 0.15) is 5.56 Å². The number of nitrogens with two attached hydrogens (primary N) is 2. The van der Waals surface area contributed by atoms with Crippen LogP contribution in [0.4, 0.5) is 11.6 Å². The topological polar surface area (TPSA) is 99.8 Å². The molecule has 6 nitrogen and oxygen atoms in total. The van der Waals surface area contributed by atoms with Gasteiger partial charge < -0.3 is 11.5 Å². The van der Waals surface area contributed by atoms with Crippen LogP contribution < -0.4 is 17.2 Å². The monoisotopic (exact) mass is 217 g/mol. The van der Waals surface area contributed by atoms with Crippen LogP contribution in [0.3, 0.4) is 0 Å². The lowest BCUT2D eigenvalue weighted by atomic mass is 10.2. The van der Waals surface area contributed by atoms with Gasteiger partial charge in [0.2, 0.25) is 0 Å². The van der Waals surface area contributed by atoms with Crippen LogP contribution in [-0.2, 0) is 6.54 Å². The Morgan fingerprint density at radius 3 is 2.50 bits per heavy atom. The molecule has 0 aliphatic carbocycles. The summed E-state index contributed by atoms with van der Waals surface area (Å²) in [4.78, 5) is 15.0. The van der Waals surface area contributed by atoms with Crippen LogP contribution in [-0.4, -0.2) is 14.8 Å². The van der Waals surface area contributed by atoms with Gasteiger partial charge in [0.1, 0.15) is 0 Å². The van der Waals surface area contributed by atoms with Crippen LogP contribution in [0.5, 0.6) is 0 Å². The van der Waals surface area contributed by atoms with E-state index in [0.29, 0.717) is 6.54 Å². The lowest BCUT2D eigenvalue weighted by Crippen LogP contribution is -2.28. The van der Waals surface area contributed by atoms with Crippen LogP contribution in [0.2, 0.25) is 0 Å². The van der Waals surface area contributed by atoms with E-state index in [1.165, 1.54) is 4.68 Å². The molecule has 0 aliphatic rings. The fraction of sp³-hybridized carbons (Fsp3) is 0.100. The zero-order valence-corrected chi connectivity index (χ0v) is 8.50. The lowest BCUT2D eigenvalue weighted by molar-refractivity contribution is 0.621. The van der Waals surface area contributed by atoms with E-state index in [9.17, 15) is 4.79 Å². The molecule has 0 fully saturated rings. The highest BCUT2D eigenvalue weighted by Gasteiger charge is 2.04. The molecule has 6 heteroatoms. The molecule has 0 saturated heterocycles. The fourth-order valence-corrected chi connectivity index (χ4v) is 1.30. The second kappa shape index (κ2) is 4.01. The first-order valence-corrected chi connectivity index (χ1v) is 4.71. The van der Waals surface area contributed by atoms with Crippen molar-refractivity contribution >= 4 is 11.6 Å². The number of hydrogen-bond acceptors (Lipinski definition) is 5. The molecule has 0 amide bonds. The van der Waals surface area contributed by atoms with Gasteiger partial charge in [0, 0.05) is 0 Å². The Bertz CT molecular complexity index is 549. The molecule has 2 rings (SSSR count). The summed E-state index contributed by atoms with van der Waals surface area (Å²) in [7, 11) is 0. The summed E-state index contributed by atoms with van der Waals surface area (Å²) < 4.78 is 1.18. The highest BCUT2D eigenvalue weighted by atomic mass is 16.1. The van der Waals surface area contributed by atoms with Crippen molar-refractivity contribution in [3.8, 4) is 0 Å².